The highest BCUT2D eigenvalue weighted by Gasteiger charge is 2.56. The molecule has 262 valence electrons. The van der Waals surface area contributed by atoms with Crippen molar-refractivity contribution in [2.24, 2.45) is 23.5 Å². The van der Waals surface area contributed by atoms with Crippen LogP contribution in [0.2, 0.25) is 0 Å². The number of likely N-dealkylation sites (N-methyl/N-ethyl adjacent to an activating group) is 1. The van der Waals surface area contributed by atoms with E-state index in [1.165, 1.54) is 0 Å². The number of anilines is 2. The predicted octanol–water partition coefficient (Wildman–Crippen LogP) is -0.109. The van der Waals surface area contributed by atoms with Gasteiger partial charge < -0.3 is 46.3 Å². The van der Waals surface area contributed by atoms with Crippen molar-refractivity contribution < 1.29 is 49.0 Å². The average Bonchev–Trinajstić information content (AvgIpc) is 3.41. The number of amides is 3. The topological polar surface area (TPSA) is 232 Å². The molecule has 0 aromatic heterocycles. The maximum atomic E-state index is 14.1. The first kappa shape index (κ1) is 34.7. The molecule has 6 rings (SSSR count). The van der Waals surface area contributed by atoms with Gasteiger partial charge in [0.2, 0.25) is 5.91 Å². The fraction of sp³-hybridized carbons (Fsp3) is 0.382. The van der Waals surface area contributed by atoms with Crippen molar-refractivity contribution in [1.82, 2.24) is 10.2 Å². The number of nitrogens with zero attached hydrogens (tertiary/aromatic N) is 2. The van der Waals surface area contributed by atoms with E-state index in [2.05, 4.69) is 10.6 Å². The minimum Gasteiger partial charge on any atom is -0.510 e. The fourth-order valence-corrected chi connectivity index (χ4v) is 7.78. The van der Waals surface area contributed by atoms with Crippen LogP contribution in [0, 0.1) is 17.8 Å². The first-order valence-electron chi connectivity index (χ1n) is 16.1. The van der Waals surface area contributed by atoms with Crippen LogP contribution in [0.1, 0.15) is 39.9 Å². The third kappa shape index (κ3) is 5.68. The number of phenols is 1. The number of hydrogen-bond donors (Lipinski definition) is 7. The van der Waals surface area contributed by atoms with Gasteiger partial charge in [0, 0.05) is 43.9 Å². The van der Waals surface area contributed by atoms with Crippen LogP contribution in [0.4, 0.5) is 11.4 Å². The second-order valence-corrected chi connectivity index (χ2v) is 13.5. The van der Waals surface area contributed by atoms with E-state index in [0.29, 0.717) is 27.8 Å². The van der Waals surface area contributed by atoms with E-state index in [1.54, 1.807) is 62.3 Å². The lowest BCUT2D eigenvalue weighted by Crippen LogP contribution is -2.55. The molecular formula is C34H38BN5O10. The third-order valence-corrected chi connectivity index (χ3v) is 10.0. The van der Waals surface area contributed by atoms with E-state index in [4.69, 9.17) is 10.4 Å². The molecule has 4 aliphatic rings. The number of ketones is 2. The van der Waals surface area contributed by atoms with Crippen LogP contribution < -0.4 is 26.7 Å². The Balaban J connectivity index is 1.25. The van der Waals surface area contributed by atoms with Gasteiger partial charge in [0.1, 0.15) is 22.8 Å². The van der Waals surface area contributed by atoms with E-state index in [-0.39, 0.29) is 49.2 Å². The summed E-state index contributed by atoms with van der Waals surface area (Å²) in [5.41, 5.74) is 7.30. The first-order chi connectivity index (χ1) is 23.6. The Morgan fingerprint density at radius 2 is 1.78 bits per heavy atom. The van der Waals surface area contributed by atoms with Gasteiger partial charge in [-0.1, -0.05) is 6.07 Å². The molecule has 0 bridgehead atoms. The molecule has 0 radical (unpaired) electrons. The number of rotatable bonds is 8. The van der Waals surface area contributed by atoms with Crippen LogP contribution in [0.5, 0.6) is 5.75 Å². The van der Waals surface area contributed by atoms with E-state index < -0.39 is 83.0 Å². The van der Waals surface area contributed by atoms with Crippen LogP contribution in [-0.2, 0) is 36.9 Å². The van der Waals surface area contributed by atoms with Crippen molar-refractivity contribution in [3.05, 3.63) is 63.4 Å². The zero-order chi connectivity index (χ0) is 36.3. The summed E-state index contributed by atoms with van der Waals surface area (Å²) >= 11 is 0. The number of carbonyl (C=O) groups is 5. The van der Waals surface area contributed by atoms with Crippen molar-refractivity contribution in [1.29, 1.82) is 0 Å². The zero-order valence-electron chi connectivity index (χ0n) is 27.9. The standard InChI is InChI=1S/C34H38BN5O10/c1-39(2)21-12-20(38-22(41)7-8-37-34(48)14-5-6-19-16(9-14)13-50-35(19)49)28(42)24-17(21)10-15-11-18-25(30(44)23(15)29(24)43)31(45)26(33(36)47)32(46)27(18)40(3)4/h5-6,9,12,15,18,25,27,42-43,46,49H,7-8,10-11,13H2,1-4H3,(H2,36,47)(H,37,48)(H,38,41)/t15-,18+,25?,27-/m0/s1. The number of Topliss-reactive ketones (excluding diaryl/α,β-unsaturated/α-hetero) is 2. The lowest BCUT2D eigenvalue weighted by molar-refractivity contribution is -0.136. The Labute approximate surface area is 287 Å². The monoisotopic (exact) mass is 687 g/mol. The molecule has 0 saturated heterocycles. The highest BCUT2D eigenvalue weighted by atomic mass is 16.5. The number of aromatic hydroxyl groups is 1. The van der Waals surface area contributed by atoms with Gasteiger partial charge in [-0.2, -0.15) is 0 Å². The summed E-state index contributed by atoms with van der Waals surface area (Å²) in [4.78, 5) is 68.8. The summed E-state index contributed by atoms with van der Waals surface area (Å²) in [5, 5.41) is 49.1. The summed E-state index contributed by atoms with van der Waals surface area (Å²) in [7, 11) is 5.76. The number of phenolic OH excluding ortho intramolecular Hbond substituents is 1. The molecule has 3 aliphatic carbocycles. The number of allylic oxidation sites excluding steroid dienone is 1. The first-order valence-corrected chi connectivity index (χ1v) is 16.1. The normalized spacial score (nSPS) is 22.6. The van der Waals surface area contributed by atoms with Gasteiger partial charge in [-0.15, -0.1) is 0 Å². The van der Waals surface area contributed by atoms with Crippen LogP contribution in [-0.4, -0.2) is 102 Å². The van der Waals surface area contributed by atoms with Crippen molar-refractivity contribution in [2.45, 2.75) is 31.9 Å². The van der Waals surface area contributed by atoms with Gasteiger partial charge in [-0.05, 0) is 73.6 Å². The fourth-order valence-electron chi connectivity index (χ4n) is 7.78. The van der Waals surface area contributed by atoms with Crippen LogP contribution in [0.25, 0.3) is 5.76 Å². The lowest BCUT2D eigenvalue weighted by Gasteiger charge is -2.46. The van der Waals surface area contributed by atoms with Crippen LogP contribution in [0.15, 0.2) is 41.2 Å². The van der Waals surface area contributed by atoms with Gasteiger partial charge in [0.05, 0.1) is 29.8 Å². The molecule has 1 aliphatic heterocycles. The molecule has 16 heteroatoms. The van der Waals surface area contributed by atoms with E-state index in [9.17, 15) is 44.3 Å². The number of fused-ring (bicyclic) bond motifs is 4. The summed E-state index contributed by atoms with van der Waals surface area (Å²) in [6.07, 6.45) is 0.236. The number of hydrogen-bond acceptors (Lipinski definition) is 12. The number of carbonyl (C=O) groups excluding carboxylic acids is 5. The Kier molecular flexibility index (Phi) is 8.97. The number of nitrogens with two attached hydrogens (primary N) is 1. The Hall–Kier alpha value is -5.19. The van der Waals surface area contributed by atoms with Crippen molar-refractivity contribution >= 4 is 59.0 Å². The molecule has 2 aromatic carbocycles. The lowest BCUT2D eigenvalue weighted by atomic mass is 9.59. The number of nitrogens with one attached hydrogen (secondary N) is 2. The van der Waals surface area contributed by atoms with Gasteiger partial charge in [0.25, 0.3) is 11.8 Å². The van der Waals surface area contributed by atoms with Gasteiger partial charge in [0.15, 0.2) is 11.6 Å². The molecular weight excluding hydrogens is 649 g/mol. The molecule has 0 spiro atoms. The zero-order valence-corrected chi connectivity index (χ0v) is 27.9. The Morgan fingerprint density at radius 1 is 1.06 bits per heavy atom. The van der Waals surface area contributed by atoms with Gasteiger partial charge >= 0.3 is 7.12 Å². The molecule has 1 heterocycles. The van der Waals surface area contributed by atoms with Gasteiger partial charge in [-0.25, -0.2) is 0 Å². The Morgan fingerprint density at radius 3 is 2.44 bits per heavy atom. The molecule has 1 saturated carbocycles. The van der Waals surface area contributed by atoms with Crippen LogP contribution >= 0.6 is 0 Å². The summed E-state index contributed by atoms with van der Waals surface area (Å²) in [5.74, 6) is -7.97. The summed E-state index contributed by atoms with van der Waals surface area (Å²) in [6.45, 7) is 0.134. The average molecular weight is 688 g/mol. The van der Waals surface area contributed by atoms with Gasteiger partial charge in [-0.3, -0.25) is 28.9 Å². The van der Waals surface area contributed by atoms with Crippen LogP contribution in [0.3, 0.4) is 0 Å². The highest BCUT2D eigenvalue weighted by molar-refractivity contribution is 6.61. The van der Waals surface area contributed by atoms with Crippen molar-refractivity contribution in [3.63, 3.8) is 0 Å². The SMILES string of the molecule is CN(C)c1cc(NC(=O)CCNC(=O)c2ccc3c(c2)COB3O)c(O)c2c1C[C@H]1C[C@@H]3C(C(=O)C(C(N)=O)=C(O)[C@H]3N(C)C)C(=O)C1=C2O. The third-order valence-electron chi connectivity index (χ3n) is 10.0. The predicted molar refractivity (Wildman–Crippen MR) is 182 cm³/mol. The summed E-state index contributed by atoms with van der Waals surface area (Å²) in [6, 6.07) is 5.47. The molecule has 8 N–H and O–H groups in total. The second-order valence-electron chi connectivity index (χ2n) is 13.5. The number of benzene rings is 2. The molecule has 1 fully saturated rings. The minimum atomic E-state index is -1.39. The maximum Gasteiger partial charge on any atom is 0.491 e. The van der Waals surface area contributed by atoms with E-state index in [0.717, 1.165) is 0 Å². The number of primary amides is 1. The van der Waals surface area contributed by atoms with Crippen molar-refractivity contribution in [2.75, 3.05) is 45.0 Å². The molecule has 4 atom stereocenters. The van der Waals surface area contributed by atoms with Crippen molar-refractivity contribution in [3.8, 4) is 5.75 Å². The molecule has 50 heavy (non-hydrogen) atoms. The smallest absolute Gasteiger partial charge is 0.491 e. The quantitative estimate of drug-likeness (QED) is 0.0835. The molecule has 1 unspecified atom stereocenters. The molecule has 3 amide bonds. The molecule has 2 aromatic rings. The largest absolute Gasteiger partial charge is 0.510 e. The summed E-state index contributed by atoms with van der Waals surface area (Å²) < 4.78 is 5.16. The van der Waals surface area contributed by atoms with E-state index >= 15 is 0 Å². The number of aliphatic hydroxyl groups excluding tert-OH is 2. The highest BCUT2D eigenvalue weighted by Crippen LogP contribution is 2.53. The minimum absolute atomic E-state index is 0.0413. The Bertz CT molecular complexity index is 1920. The molecule has 15 nitrogen and oxygen atoms in total. The maximum absolute atomic E-state index is 14.1. The number of aliphatic hydroxyl groups is 2. The second kappa shape index (κ2) is 12.9. The van der Waals surface area contributed by atoms with E-state index in [1.807, 2.05) is 0 Å².